The molecule has 0 aromatic heterocycles. The summed E-state index contributed by atoms with van der Waals surface area (Å²) >= 11 is 12.3. The zero-order valence-electron chi connectivity index (χ0n) is 17.2. The Morgan fingerprint density at radius 3 is 2.10 bits per heavy atom. The Labute approximate surface area is 193 Å². The number of rotatable bonds is 6. The number of nitrogens with zero attached hydrogens (tertiary/aromatic N) is 2. The molecule has 0 radical (unpaired) electrons. The Hall–Kier alpha value is -2.53. The minimum Gasteiger partial charge on any atom is -0.369 e. The number of piperazine rings is 1. The van der Waals surface area contributed by atoms with Crippen molar-refractivity contribution in [3.63, 3.8) is 0 Å². The maximum absolute atomic E-state index is 12.4. The molecule has 1 aliphatic rings. The number of benzene rings is 3. The van der Waals surface area contributed by atoms with Crippen molar-refractivity contribution >= 4 is 40.5 Å². The summed E-state index contributed by atoms with van der Waals surface area (Å²) in [7, 11) is 0. The summed E-state index contributed by atoms with van der Waals surface area (Å²) in [5, 5.41) is 3.93. The molecule has 1 saturated heterocycles. The Morgan fingerprint density at radius 2 is 1.45 bits per heavy atom. The predicted molar refractivity (Wildman–Crippen MR) is 129 cm³/mol. The van der Waals surface area contributed by atoms with Crippen molar-refractivity contribution in [2.75, 3.05) is 36.4 Å². The average Bonchev–Trinajstić information content (AvgIpc) is 2.78. The van der Waals surface area contributed by atoms with E-state index < -0.39 is 0 Å². The predicted octanol–water partition coefficient (Wildman–Crippen LogP) is 5.50. The molecule has 160 valence electrons. The van der Waals surface area contributed by atoms with Gasteiger partial charge in [0.05, 0.1) is 6.42 Å². The molecular weight excluding hydrogens is 429 g/mol. The van der Waals surface area contributed by atoms with Gasteiger partial charge in [-0.25, -0.2) is 0 Å². The molecule has 0 unspecified atom stereocenters. The standard InChI is InChI=1S/C25H25Cl2N3O/c26-23-7-4-8-24(27)22(23)17-25(31)28-20-9-11-21(12-10-20)30-15-13-29(14-16-30)18-19-5-2-1-3-6-19/h1-12H,13-18H2,(H,28,31). The molecule has 4 rings (SSSR count). The Morgan fingerprint density at radius 1 is 0.806 bits per heavy atom. The van der Waals surface area contributed by atoms with E-state index in [1.54, 1.807) is 18.2 Å². The van der Waals surface area contributed by atoms with Crippen LogP contribution in [0.4, 0.5) is 11.4 Å². The van der Waals surface area contributed by atoms with Crippen LogP contribution in [0.3, 0.4) is 0 Å². The minimum atomic E-state index is -0.141. The third-order valence-electron chi connectivity index (χ3n) is 5.54. The number of amides is 1. The second-order valence-electron chi connectivity index (χ2n) is 7.72. The zero-order valence-corrected chi connectivity index (χ0v) is 18.7. The molecule has 1 aliphatic heterocycles. The van der Waals surface area contributed by atoms with Gasteiger partial charge in [-0.2, -0.15) is 0 Å². The fourth-order valence-electron chi connectivity index (χ4n) is 3.83. The first-order chi connectivity index (χ1) is 15.1. The molecule has 6 heteroatoms. The highest BCUT2D eigenvalue weighted by Gasteiger charge is 2.17. The number of halogens is 2. The van der Waals surface area contributed by atoms with Crippen LogP contribution in [0.25, 0.3) is 0 Å². The highest BCUT2D eigenvalue weighted by atomic mass is 35.5. The summed E-state index contributed by atoms with van der Waals surface area (Å²) in [4.78, 5) is 17.3. The molecule has 1 heterocycles. The Balaban J connectivity index is 1.29. The number of carbonyl (C=O) groups excluding carboxylic acids is 1. The lowest BCUT2D eigenvalue weighted by Gasteiger charge is -2.36. The van der Waals surface area contributed by atoms with E-state index in [1.165, 1.54) is 11.3 Å². The van der Waals surface area contributed by atoms with Crippen molar-refractivity contribution < 1.29 is 4.79 Å². The van der Waals surface area contributed by atoms with Gasteiger partial charge in [0.15, 0.2) is 0 Å². The summed E-state index contributed by atoms with van der Waals surface area (Å²) < 4.78 is 0. The van der Waals surface area contributed by atoms with Crippen molar-refractivity contribution in [1.82, 2.24) is 4.90 Å². The van der Waals surface area contributed by atoms with Gasteiger partial charge < -0.3 is 10.2 Å². The number of anilines is 2. The van der Waals surface area contributed by atoms with Gasteiger partial charge in [0.2, 0.25) is 5.91 Å². The second-order valence-corrected chi connectivity index (χ2v) is 8.54. The van der Waals surface area contributed by atoms with E-state index in [0.29, 0.717) is 15.6 Å². The summed E-state index contributed by atoms with van der Waals surface area (Å²) in [6.45, 7) is 5.04. The summed E-state index contributed by atoms with van der Waals surface area (Å²) in [5.41, 5.74) is 3.94. The third kappa shape index (κ3) is 5.79. The molecule has 31 heavy (non-hydrogen) atoms. The third-order valence-corrected chi connectivity index (χ3v) is 6.24. The van der Waals surface area contributed by atoms with Crippen molar-refractivity contribution in [2.45, 2.75) is 13.0 Å². The lowest BCUT2D eigenvalue weighted by molar-refractivity contribution is -0.115. The van der Waals surface area contributed by atoms with Crippen molar-refractivity contribution in [3.8, 4) is 0 Å². The van der Waals surface area contributed by atoms with E-state index in [1.807, 2.05) is 12.1 Å². The second kappa shape index (κ2) is 10.2. The molecule has 3 aromatic carbocycles. The van der Waals surface area contributed by atoms with Crippen LogP contribution >= 0.6 is 23.2 Å². The molecule has 1 amide bonds. The molecule has 1 N–H and O–H groups in total. The molecule has 3 aromatic rings. The molecule has 1 fully saturated rings. The van der Waals surface area contributed by atoms with Gasteiger partial charge in [0.25, 0.3) is 0 Å². The summed E-state index contributed by atoms with van der Waals surface area (Å²) in [6.07, 6.45) is 0.142. The van der Waals surface area contributed by atoms with Crippen LogP contribution < -0.4 is 10.2 Å². The molecular formula is C25H25Cl2N3O. The van der Waals surface area contributed by atoms with Crippen molar-refractivity contribution in [2.24, 2.45) is 0 Å². The maximum Gasteiger partial charge on any atom is 0.228 e. The van der Waals surface area contributed by atoms with E-state index in [0.717, 1.165) is 38.4 Å². The summed E-state index contributed by atoms with van der Waals surface area (Å²) in [5.74, 6) is -0.141. The smallest absolute Gasteiger partial charge is 0.228 e. The monoisotopic (exact) mass is 453 g/mol. The SMILES string of the molecule is O=C(Cc1c(Cl)cccc1Cl)Nc1ccc(N2CCN(Cc3ccccc3)CC2)cc1. The van der Waals surface area contributed by atoms with Crippen LogP contribution in [-0.2, 0) is 17.8 Å². The van der Waals surface area contributed by atoms with Gasteiger partial charge in [-0.1, -0.05) is 59.6 Å². The Bertz CT molecular complexity index is 996. The molecule has 0 saturated carbocycles. The fraction of sp³-hybridized carbons (Fsp3) is 0.240. The van der Waals surface area contributed by atoms with E-state index in [9.17, 15) is 4.79 Å². The molecule has 0 spiro atoms. The lowest BCUT2D eigenvalue weighted by atomic mass is 10.1. The minimum absolute atomic E-state index is 0.141. The van der Waals surface area contributed by atoms with Crippen LogP contribution in [0.15, 0.2) is 72.8 Å². The lowest BCUT2D eigenvalue weighted by Crippen LogP contribution is -2.45. The van der Waals surface area contributed by atoms with Crippen molar-refractivity contribution in [3.05, 3.63) is 94.0 Å². The quantitative estimate of drug-likeness (QED) is 0.535. The maximum atomic E-state index is 12.4. The number of nitrogens with one attached hydrogen (secondary N) is 1. The average molecular weight is 454 g/mol. The van der Waals surface area contributed by atoms with Crippen LogP contribution in [-0.4, -0.2) is 37.0 Å². The first kappa shape index (κ1) is 21.7. The highest BCUT2D eigenvalue weighted by Crippen LogP contribution is 2.25. The zero-order chi connectivity index (χ0) is 21.6. The molecule has 4 nitrogen and oxygen atoms in total. The van der Waals surface area contributed by atoms with Crippen LogP contribution in [0.1, 0.15) is 11.1 Å². The van der Waals surface area contributed by atoms with Gasteiger partial charge >= 0.3 is 0 Å². The van der Waals surface area contributed by atoms with Gasteiger partial charge in [0.1, 0.15) is 0 Å². The molecule has 0 aliphatic carbocycles. The normalized spacial score (nSPS) is 14.5. The van der Waals surface area contributed by atoms with Gasteiger partial charge in [-0.3, -0.25) is 9.69 Å². The molecule has 0 atom stereocenters. The van der Waals surface area contributed by atoms with Gasteiger partial charge in [-0.15, -0.1) is 0 Å². The van der Waals surface area contributed by atoms with Crippen LogP contribution in [0.2, 0.25) is 10.0 Å². The van der Waals surface area contributed by atoms with Crippen molar-refractivity contribution in [1.29, 1.82) is 0 Å². The van der Waals surface area contributed by atoms with Gasteiger partial charge in [-0.05, 0) is 47.5 Å². The molecule has 0 bridgehead atoms. The fourth-order valence-corrected chi connectivity index (χ4v) is 4.36. The van der Waals surface area contributed by atoms with E-state index in [2.05, 4.69) is 57.6 Å². The largest absolute Gasteiger partial charge is 0.369 e. The van der Waals surface area contributed by atoms with Crippen LogP contribution in [0.5, 0.6) is 0 Å². The highest BCUT2D eigenvalue weighted by molar-refractivity contribution is 6.36. The number of hydrogen-bond donors (Lipinski definition) is 1. The first-order valence-electron chi connectivity index (χ1n) is 10.4. The van der Waals surface area contributed by atoms with E-state index in [-0.39, 0.29) is 12.3 Å². The topological polar surface area (TPSA) is 35.6 Å². The first-order valence-corrected chi connectivity index (χ1v) is 11.2. The Kier molecular flexibility index (Phi) is 7.13. The van der Waals surface area contributed by atoms with E-state index >= 15 is 0 Å². The summed E-state index contributed by atoms with van der Waals surface area (Å²) in [6, 6.07) is 23.9. The van der Waals surface area contributed by atoms with Gasteiger partial charge in [0, 0.05) is 54.1 Å². The van der Waals surface area contributed by atoms with Crippen LogP contribution in [0, 0.1) is 0 Å². The number of hydrogen-bond acceptors (Lipinski definition) is 3. The number of carbonyl (C=O) groups is 1. The van der Waals surface area contributed by atoms with E-state index in [4.69, 9.17) is 23.2 Å².